The van der Waals surface area contributed by atoms with Crippen molar-refractivity contribution in [3.63, 3.8) is 0 Å². The van der Waals surface area contributed by atoms with Crippen molar-refractivity contribution in [3.8, 4) is 5.69 Å². The van der Waals surface area contributed by atoms with Gasteiger partial charge in [-0.3, -0.25) is 9.59 Å². The highest BCUT2D eigenvalue weighted by Gasteiger charge is 2.14. The molecule has 3 aromatic rings. The lowest BCUT2D eigenvalue weighted by Crippen LogP contribution is -2.32. The number of hydrazone groups is 1. The van der Waals surface area contributed by atoms with Crippen LogP contribution in [0.25, 0.3) is 5.69 Å². The smallest absolute Gasteiger partial charge is 0.318 e. The van der Waals surface area contributed by atoms with Gasteiger partial charge in [0.05, 0.1) is 6.21 Å². The number of benzene rings is 2. The van der Waals surface area contributed by atoms with Crippen LogP contribution in [0.1, 0.15) is 28.1 Å². The standard InChI is InChI=1S/C23H22Cl2N4O2/c1-13-5-6-20(7-14(13)2)27-22(30)23(31)28-26-12-17-8-15(3)29(16(17)4)21-10-18(24)9-19(25)11-21/h5-12H,1-4H3,(H,27,30)(H,28,31)/b26-12-. The van der Waals surface area contributed by atoms with E-state index in [1.807, 2.05) is 56.5 Å². The lowest BCUT2D eigenvalue weighted by Gasteiger charge is -2.10. The first-order valence-electron chi connectivity index (χ1n) is 9.52. The van der Waals surface area contributed by atoms with Crippen molar-refractivity contribution in [2.24, 2.45) is 5.10 Å². The van der Waals surface area contributed by atoms with E-state index in [0.29, 0.717) is 15.7 Å². The van der Waals surface area contributed by atoms with E-state index in [4.69, 9.17) is 23.2 Å². The second-order valence-corrected chi connectivity index (χ2v) is 8.11. The quantitative estimate of drug-likeness (QED) is 0.325. The monoisotopic (exact) mass is 456 g/mol. The molecule has 2 aromatic carbocycles. The van der Waals surface area contributed by atoms with Gasteiger partial charge < -0.3 is 9.88 Å². The molecular formula is C23H22Cl2N4O2. The molecule has 6 nitrogen and oxygen atoms in total. The summed E-state index contributed by atoms with van der Waals surface area (Å²) in [6.07, 6.45) is 1.49. The first kappa shape index (κ1) is 22.6. The van der Waals surface area contributed by atoms with Gasteiger partial charge >= 0.3 is 11.8 Å². The summed E-state index contributed by atoms with van der Waals surface area (Å²) in [4.78, 5) is 24.2. The van der Waals surface area contributed by atoms with E-state index in [1.54, 1.807) is 18.2 Å². The Morgan fingerprint density at radius 3 is 2.23 bits per heavy atom. The fraction of sp³-hybridized carbons (Fsp3) is 0.174. The van der Waals surface area contributed by atoms with E-state index < -0.39 is 11.8 Å². The number of amides is 2. The van der Waals surface area contributed by atoms with Crippen molar-refractivity contribution in [1.82, 2.24) is 9.99 Å². The number of rotatable bonds is 4. The molecule has 0 aliphatic heterocycles. The van der Waals surface area contributed by atoms with Gasteiger partial charge in [-0.2, -0.15) is 5.10 Å². The molecule has 1 heterocycles. The maximum Gasteiger partial charge on any atom is 0.329 e. The molecule has 0 aliphatic rings. The fourth-order valence-electron chi connectivity index (χ4n) is 3.20. The molecule has 0 bridgehead atoms. The van der Waals surface area contributed by atoms with Crippen LogP contribution in [-0.2, 0) is 9.59 Å². The molecule has 3 rings (SSSR count). The number of hydrogen-bond donors (Lipinski definition) is 2. The van der Waals surface area contributed by atoms with Crippen molar-refractivity contribution in [2.45, 2.75) is 27.7 Å². The summed E-state index contributed by atoms with van der Waals surface area (Å²) in [7, 11) is 0. The normalized spacial score (nSPS) is 11.0. The Morgan fingerprint density at radius 2 is 1.58 bits per heavy atom. The molecule has 0 fully saturated rings. The third-order valence-corrected chi connectivity index (χ3v) is 5.35. The van der Waals surface area contributed by atoms with E-state index in [9.17, 15) is 9.59 Å². The molecule has 0 spiro atoms. The topological polar surface area (TPSA) is 75.5 Å². The highest BCUT2D eigenvalue weighted by Crippen LogP contribution is 2.26. The molecular weight excluding hydrogens is 435 g/mol. The molecule has 0 saturated carbocycles. The summed E-state index contributed by atoms with van der Waals surface area (Å²) >= 11 is 12.2. The summed E-state index contributed by atoms with van der Waals surface area (Å²) in [5.41, 5.74) is 8.36. The molecule has 0 aliphatic carbocycles. The molecule has 0 atom stereocenters. The van der Waals surface area contributed by atoms with Crippen LogP contribution in [0.4, 0.5) is 5.69 Å². The Balaban J connectivity index is 1.70. The van der Waals surface area contributed by atoms with Crippen LogP contribution in [0.3, 0.4) is 0 Å². The minimum atomic E-state index is -0.857. The third-order valence-electron chi connectivity index (χ3n) is 4.92. The summed E-state index contributed by atoms with van der Waals surface area (Å²) in [6, 6.07) is 12.6. The molecule has 1 aromatic heterocycles. The van der Waals surface area contributed by atoms with Crippen LogP contribution in [0.2, 0.25) is 10.0 Å². The number of halogens is 2. The van der Waals surface area contributed by atoms with Crippen molar-refractivity contribution in [3.05, 3.63) is 80.6 Å². The Labute approximate surface area is 190 Å². The van der Waals surface area contributed by atoms with Gasteiger partial charge in [0.15, 0.2) is 0 Å². The zero-order valence-corrected chi connectivity index (χ0v) is 19.1. The van der Waals surface area contributed by atoms with Crippen LogP contribution in [-0.4, -0.2) is 22.6 Å². The molecule has 0 saturated heterocycles. The average Bonchev–Trinajstić information content (AvgIpc) is 2.97. The average molecular weight is 457 g/mol. The number of hydrogen-bond acceptors (Lipinski definition) is 3. The Hall–Kier alpha value is -3.09. The Kier molecular flexibility index (Phi) is 6.83. The molecule has 160 valence electrons. The lowest BCUT2D eigenvalue weighted by molar-refractivity contribution is -0.136. The minimum absolute atomic E-state index is 0.535. The van der Waals surface area contributed by atoms with E-state index >= 15 is 0 Å². The van der Waals surface area contributed by atoms with Crippen LogP contribution in [0, 0.1) is 27.7 Å². The number of aryl methyl sites for hydroxylation is 3. The molecule has 0 radical (unpaired) electrons. The van der Waals surface area contributed by atoms with Crippen molar-refractivity contribution in [1.29, 1.82) is 0 Å². The molecule has 2 N–H and O–H groups in total. The van der Waals surface area contributed by atoms with Crippen LogP contribution >= 0.6 is 23.2 Å². The third kappa shape index (κ3) is 5.34. The number of aromatic nitrogens is 1. The SMILES string of the molecule is Cc1ccc(NC(=O)C(=O)N/N=C\c2cc(C)n(-c3cc(Cl)cc(Cl)c3)c2C)cc1C. The first-order valence-corrected chi connectivity index (χ1v) is 10.3. The Bertz CT molecular complexity index is 1180. The van der Waals surface area contributed by atoms with E-state index in [1.165, 1.54) is 6.21 Å². The van der Waals surface area contributed by atoms with Gasteiger partial charge in [-0.1, -0.05) is 29.3 Å². The van der Waals surface area contributed by atoms with Crippen LogP contribution in [0.15, 0.2) is 47.6 Å². The van der Waals surface area contributed by atoms with Crippen molar-refractivity contribution in [2.75, 3.05) is 5.32 Å². The number of nitrogens with one attached hydrogen (secondary N) is 2. The van der Waals surface area contributed by atoms with E-state index in [-0.39, 0.29) is 0 Å². The molecule has 2 amide bonds. The largest absolute Gasteiger partial charge is 0.329 e. The van der Waals surface area contributed by atoms with Crippen LogP contribution in [0.5, 0.6) is 0 Å². The molecule has 31 heavy (non-hydrogen) atoms. The van der Waals surface area contributed by atoms with Gasteiger partial charge in [0.25, 0.3) is 0 Å². The predicted octanol–water partition coefficient (Wildman–Crippen LogP) is 5.11. The first-order chi connectivity index (χ1) is 14.7. The highest BCUT2D eigenvalue weighted by atomic mass is 35.5. The Morgan fingerprint density at radius 1 is 0.903 bits per heavy atom. The predicted molar refractivity (Wildman–Crippen MR) is 126 cm³/mol. The summed E-state index contributed by atoms with van der Waals surface area (Å²) in [6.45, 7) is 7.76. The van der Waals surface area contributed by atoms with Gasteiger partial charge in [0, 0.05) is 38.4 Å². The number of anilines is 1. The zero-order valence-electron chi connectivity index (χ0n) is 17.6. The highest BCUT2D eigenvalue weighted by molar-refractivity contribution is 6.39. The fourth-order valence-corrected chi connectivity index (χ4v) is 3.72. The maximum atomic E-state index is 12.1. The number of carbonyl (C=O) groups excluding carboxylic acids is 2. The van der Waals surface area contributed by atoms with Gasteiger partial charge in [-0.05, 0) is 75.2 Å². The number of nitrogens with zero attached hydrogens (tertiary/aromatic N) is 2. The second kappa shape index (κ2) is 9.37. The molecule has 8 heteroatoms. The van der Waals surface area contributed by atoms with Gasteiger partial charge in [-0.25, -0.2) is 5.43 Å². The van der Waals surface area contributed by atoms with Crippen molar-refractivity contribution >= 4 is 46.9 Å². The van der Waals surface area contributed by atoms with Crippen molar-refractivity contribution < 1.29 is 9.59 Å². The maximum absolute atomic E-state index is 12.1. The van der Waals surface area contributed by atoms with Gasteiger partial charge in [0.2, 0.25) is 0 Å². The summed E-state index contributed by atoms with van der Waals surface area (Å²) in [5, 5.41) is 7.56. The van der Waals surface area contributed by atoms with Gasteiger partial charge in [-0.15, -0.1) is 0 Å². The number of carbonyl (C=O) groups is 2. The van der Waals surface area contributed by atoms with E-state index in [2.05, 4.69) is 15.8 Å². The van der Waals surface area contributed by atoms with Crippen LogP contribution < -0.4 is 10.7 Å². The second-order valence-electron chi connectivity index (χ2n) is 7.24. The summed E-state index contributed by atoms with van der Waals surface area (Å²) in [5.74, 6) is -1.65. The lowest BCUT2D eigenvalue weighted by atomic mass is 10.1. The minimum Gasteiger partial charge on any atom is -0.318 e. The molecule has 0 unspecified atom stereocenters. The van der Waals surface area contributed by atoms with Gasteiger partial charge in [0.1, 0.15) is 0 Å². The van der Waals surface area contributed by atoms with E-state index in [0.717, 1.165) is 33.8 Å². The summed E-state index contributed by atoms with van der Waals surface area (Å²) < 4.78 is 1.98. The zero-order chi connectivity index (χ0) is 22.7.